The quantitative estimate of drug-likeness (QED) is 0.430. The summed E-state index contributed by atoms with van der Waals surface area (Å²) >= 11 is 0. The van der Waals surface area contributed by atoms with Crippen LogP contribution in [0.2, 0.25) is 0 Å². The van der Waals surface area contributed by atoms with Crippen LogP contribution in [0.1, 0.15) is 55.7 Å². The van der Waals surface area contributed by atoms with Crippen molar-refractivity contribution in [3.63, 3.8) is 0 Å². The van der Waals surface area contributed by atoms with Crippen molar-refractivity contribution in [2.45, 2.75) is 52.2 Å². The Balaban J connectivity index is 1.59. The molecule has 1 fully saturated rings. The number of fused-ring (bicyclic) bond motifs is 1. The van der Waals surface area contributed by atoms with Crippen LogP contribution in [-0.2, 0) is 16.1 Å². The average Bonchev–Trinajstić information content (AvgIpc) is 3.25. The van der Waals surface area contributed by atoms with Gasteiger partial charge in [0.2, 0.25) is 5.91 Å². The lowest BCUT2D eigenvalue weighted by molar-refractivity contribution is -0.126. The largest absolute Gasteiger partial charge is 0.394 e. The molecule has 0 bridgehead atoms. The SMILES string of the molecule is CC(C)(C)C(NC(=O)c1nn(CC2CCOCC2)c2c(F)cccc12)C(=O)NC(CO)c1ccccc1. The molecule has 0 saturated carbocycles. The molecule has 0 radical (unpaired) electrons. The monoisotopic (exact) mass is 510 g/mol. The Morgan fingerprint density at radius 3 is 2.46 bits per heavy atom. The second-order valence-corrected chi connectivity index (χ2v) is 10.6. The number of para-hydroxylation sites is 1. The number of halogens is 1. The maximum atomic E-state index is 14.9. The first kappa shape index (κ1) is 26.8. The van der Waals surface area contributed by atoms with Gasteiger partial charge in [-0.1, -0.05) is 63.2 Å². The van der Waals surface area contributed by atoms with Crippen LogP contribution in [0.15, 0.2) is 48.5 Å². The minimum Gasteiger partial charge on any atom is -0.394 e. The minimum absolute atomic E-state index is 0.0744. The van der Waals surface area contributed by atoms with E-state index in [9.17, 15) is 19.1 Å². The molecule has 0 aliphatic carbocycles. The number of carbonyl (C=O) groups excluding carboxylic acids is 2. The van der Waals surface area contributed by atoms with Crippen LogP contribution in [0, 0.1) is 17.2 Å². The van der Waals surface area contributed by atoms with Gasteiger partial charge in [-0.2, -0.15) is 5.10 Å². The van der Waals surface area contributed by atoms with E-state index in [1.54, 1.807) is 16.8 Å². The third-order valence-corrected chi connectivity index (χ3v) is 6.81. The lowest BCUT2D eigenvalue weighted by atomic mass is 9.85. The van der Waals surface area contributed by atoms with Crippen LogP contribution in [0.25, 0.3) is 10.9 Å². The van der Waals surface area contributed by atoms with Crippen molar-refractivity contribution in [2.75, 3.05) is 19.8 Å². The molecule has 2 unspecified atom stereocenters. The summed E-state index contributed by atoms with van der Waals surface area (Å²) in [6.07, 6.45) is 1.69. The van der Waals surface area contributed by atoms with Crippen LogP contribution in [0.5, 0.6) is 0 Å². The van der Waals surface area contributed by atoms with Gasteiger partial charge in [0, 0.05) is 25.1 Å². The van der Waals surface area contributed by atoms with Gasteiger partial charge in [-0.3, -0.25) is 14.3 Å². The molecule has 2 amide bonds. The Hall–Kier alpha value is -3.30. The van der Waals surface area contributed by atoms with Gasteiger partial charge < -0.3 is 20.5 Å². The van der Waals surface area contributed by atoms with E-state index >= 15 is 0 Å². The first-order valence-corrected chi connectivity index (χ1v) is 12.7. The average molecular weight is 511 g/mol. The molecule has 9 heteroatoms. The number of ether oxygens (including phenoxy) is 1. The molecule has 2 heterocycles. The number of rotatable bonds is 8. The number of benzene rings is 2. The second kappa shape index (κ2) is 11.4. The zero-order chi connectivity index (χ0) is 26.6. The fourth-order valence-corrected chi connectivity index (χ4v) is 4.72. The lowest BCUT2D eigenvalue weighted by Gasteiger charge is -2.31. The molecule has 2 aromatic carbocycles. The van der Waals surface area contributed by atoms with Crippen molar-refractivity contribution < 1.29 is 23.8 Å². The topological polar surface area (TPSA) is 105 Å². The predicted octanol–water partition coefficient (Wildman–Crippen LogP) is 3.60. The summed E-state index contributed by atoms with van der Waals surface area (Å²) < 4.78 is 21.9. The molecule has 0 spiro atoms. The Morgan fingerprint density at radius 2 is 1.81 bits per heavy atom. The number of aliphatic hydroxyl groups excluding tert-OH is 1. The maximum Gasteiger partial charge on any atom is 0.273 e. The molecule has 198 valence electrons. The van der Waals surface area contributed by atoms with Gasteiger partial charge in [-0.25, -0.2) is 4.39 Å². The molecular formula is C28H35FN4O4. The molecule has 1 aromatic heterocycles. The van der Waals surface area contributed by atoms with E-state index in [1.165, 1.54) is 6.07 Å². The van der Waals surface area contributed by atoms with Crippen LogP contribution in [-0.4, -0.2) is 52.6 Å². The maximum absolute atomic E-state index is 14.9. The zero-order valence-electron chi connectivity index (χ0n) is 21.5. The highest BCUT2D eigenvalue weighted by molar-refractivity contribution is 6.06. The lowest BCUT2D eigenvalue weighted by Crippen LogP contribution is -2.54. The number of nitrogens with one attached hydrogen (secondary N) is 2. The summed E-state index contributed by atoms with van der Waals surface area (Å²) in [7, 11) is 0. The van der Waals surface area contributed by atoms with Crippen molar-refractivity contribution in [1.82, 2.24) is 20.4 Å². The van der Waals surface area contributed by atoms with E-state index in [0.29, 0.717) is 25.1 Å². The van der Waals surface area contributed by atoms with Gasteiger partial charge in [0.15, 0.2) is 5.69 Å². The van der Waals surface area contributed by atoms with Crippen molar-refractivity contribution in [3.8, 4) is 0 Å². The molecule has 1 aliphatic heterocycles. The summed E-state index contributed by atoms with van der Waals surface area (Å²) in [5.74, 6) is -1.17. The Labute approximate surface area is 216 Å². The number of amides is 2. The highest BCUT2D eigenvalue weighted by atomic mass is 19.1. The fraction of sp³-hybridized carbons (Fsp3) is 0.464. The van der Waals surface area contributed by atoms with Crippen molar-refractivity contribution in [3.05, 3.63) is 65.6 Å². The van der Waals surface area contributed by atoms with Gasteiger partial charge >= 0.3 is 0 Å². The van der Waals surface area contributed by atoms with E-state index in [1.807, 2.05) is 51.1 Å². The van der Waals surface area contributed by atoms with E-state index in [4.69, 9.17) is 4.74 Å². The second-order valence-electron chi connectivity index (χ2n) is 10.6. The Morgan fingerprint density at radius 1 is 1.11 bits per heavy atom. The van der Waals surface area contributed by atoms with Crippen LogP contribution in [0.3, 0.4) is 0 Å². The molecule has 37 heavy (non-hydrogen) atoms. The van der Waals surface area contributed by atoms with Gasteiger partial charge in [-0.15, -0.1) is 0 Å². The minimum atomic E-state index is -0.929. The summed E-state index contributed by atoms with van der Waals surface area (Å²) in [6.45, 7) is 7.02. The van der Waals surface area contributed by atoms with E-state index in [0.717, 1.165) is 18.4 Å². The molecule has 3 aromatic rings. The van der Waals surface area contributed by atoms with E-state index < -0.39 is 35.1 Å². The zero-order valence-corrected chi connectivity index (χ0v) is 21.5. The smallest absolute Gasteiger partial charge is 0.273 e. The third-order valence-electron chi connectivity index (χ3n) is 6.81. The fourth-order valence-electron chi connectivity index (χ4n) is 4.72. The van der Waals surface area contributed by atoms with Crippen molar-refractivity contribution in [1.29, 1.82) is 0 Å². The molecule has 4 rings (SSSR count). The normalized spacial score (nSPS) is 16.4. The van der Waals surface area contributed by atoms with E-state index in [-0.39, 0.29) is 23.7 Å². The molecular weight excluding hydrogens is 475 g/mol. The number of hydrogen-bond acceptors (Lipinski definition) is 5. The summed E-state index contributed by atoms with van der Waals surface area (Å²) in [6, 6.07) is 12.2. The Kier molecular flexibility index (Phi) is 8.24. The van der Waals surface area contributed by atoms with Crippen LogP contribution in [0.4, 0.5) is 4.39 Å². The van der Waals surface area contributed by atoms with Crippen LogP contribution >= 0.6 is 0 Å². The van der Waals surface area contributed by atoms with Crippen molar-refractivity contribution >= 4 is 22.7 Å². The molecule has 3 N–H and O–H groups in total. The standard InChI is InChI=1S/C28H35FN4O4/c1-28(2,3)25(27(36)30-22(17-34)19-8-5-4-6-9-19)31-26(35)23-20-10-7-11-21(29)24(20)33(32-23)16-18-12-14-37-15-13-18/h4-11,18,22,25,34H,12-17H2,1-3H3,(H,30,36)(H,31,35). The van der Waals surface area contributed by atoms with E-state index in [2.05, 4.69) is 15.7 Å². The molecule has 2 atom stereocenters. The highest BCUT2D eigenvalue weighted by Gasteiger charge is 2.35. The van der Waals surface area contributed by atoms with Crippen LogP contribution < -0.4 is 10.6 Å². The number of aromatic nitrogens is 2. The summed E-state index contributed by atoms with van der Waals surface area (Å²) in [4.78, 5) is 26.9. The number of aliphatic hydroxyl groups is 1. The van der Waals surface area contributed by atoms with Gasteiger partial charge in [0.1, 0.15) is 17.4 Å². The Bertz CT molecular complexity index is 1230. The van der Waals surface area contributed by atoms with Crippen molar-refractivity contribution in [2.24, 2.45) is 11.3 Å². The third kappa shape index (κ3) is 6.17. The first-order chi connectivity index (χ1) is 17.7. The summed E-state index contributed by atoms with van der Waals surface area (Å²) in [5.41, 5.74) is 0.457. The van der Waals surface area contributed by atoms with Gasteiger partial charge in [0.05, 0.1) is 12.6 Å². The van der Waals surface area contributed by atoms with Gasteiger partial charge in [0.25, 0.3) is 5.91 Å². The molecule has 8 nitrogen and oxygen atoms in total. The number of carbonyl (C=O) groups is 2. The number of nitrogens with zero attached hydrogens (tertiary/aromatic N) is 2. The van der Waals surface area contributed by atoms with Gasteiger partial charge in [-0.05, 0) is 35.8 Å². The predicted molar refractivity (Wildman–Crippen MR) is 138 cm³/mol. The molecule has 1 aliphatic rings. The molecule has 1 saturated heterocycles. The highest BCUT2D eigenvalue weighted by Crippen LogP contribution is 2.27. The summed E-state index contributed by atoms with van der Waals surface area (Å²) in [5, 5.41) is 20.5. The number of hydrogen-bond donors (Lipinski definition) is 3. The first-order valence-electron chi connectivity index (χ1n) is 12.7.